The zero-order chi connectivity index (χ0) is 16.1. The third-order valence-corrected chi connectivity index (χ3v) is 4.80. The quantitative estimate of drug-likeness (QED) is 0.557. The van der Waals surface area contributed by atoms with E-state index in [2.05, 4.69) is 20.4 Å². The van der Waals surface area contributed by atoms with Gasteiger partial charge >= 0.3 is 0 Å². The second kappa shape index (κ2) is 5.10. The normalized spacial score (nSPS) is 11.5. The fourth-order valence-electron chi connectivity index (χ4n) is 2.27. The highest BCUT2D eigenvalue weighted by atomic mass is 35.5. The Balaban J connectivity index is 1.88. The van der Waals surface area contributed by atoms with Crippen LogP contribution in [0.2, 0.25) is 5.02 Å². The van der Waals surface area contributed by atoms with E-state index in [0.717, 1.165) is 16.3 Å². The van der Waals surface area contributed by atoms with E-state index in [4.69, 9.17) is 11.6 Å². The van der Waals surface area contributed by atoms with Crippen molar-refractivity contribution in [2.75, 3.05) is 0 Å². The molecule has 9 heteroatoms. The summed E-state index contributed by atoms with van der Waals surface area (Å²) in [4.78, 5) is 0.590. The van der Waals surface area contributed by atoms with Gasteiger partial charge in [-0.25, -0.2) is 4.39 Å². The average Bonchev–Trinajstić information content (AvgIpc) is 3.16. The van der Waals surface area contributed by atoms with Crippen LogP contribution in [0.1, 0.15) is 5.69 Å². The molecule has 1 aromatic carbocycles. The maximum atomic E-state index is 14.1. The summed E-state index contributed by atoms with van der Waals surface area (Å²) in [5.41, 5.74) is 2.22. The van der Waals surface area contributed by atoms with Crippen LogP contribution in [0.5, 0.6) is 0 Å². The molecule has 23 heavy (non-hydrogen) atoms. The molecule has 0 aliphatic rings. The van der Waals surface area contributed by atoms with Gasteiger partial charge in [0, 0.05) is 17.8 Å². The Kier molecular flexibility index (Phi) is 3.17. The number of nitrogens with zero attached hydrogens (tertiary/aromatic N) is 6. The molecule has 0 saturated carbocycles. The first-order valence-electron chi connectivity index (χ1n) is 6.71. The Morgan fingerprint density at radius 2 is 2.04 bits per heavy atom. The first kappa shape index (κ1) is 14.3. The molecule has 0 aliphatic carbocycles. The lowest BCUT2D eigenvalue weighted by Gasteiger charge is -2.00. The molecule has 0 fully saturated rings. The van der Waals surface area contributed by atoms with Crippen molar-refractivity contribution in [2.45, 2.75) is 6.92 Å². The molecule has 0 radical (unpaired) electrons. The smallest absolute Gasteiger partial charge is 0.235 e. The second-order valence-electron chi connectivity index (χ2n) is 5.02. The van der Waals surface area contributed by atoms with E-state index in [1.54, 1.807) is 27.5 Å². The van der Waals surface area contributed by atoms with Crippen molar-refractivity contribution in [1.29, 1.82) is 0 Å². The van der Waals surface area contributed by atoms with Crippen molar-refractivity contribution in [2.24, 2.45) is 7.05 Å². The second-order valence-corrected chi connectivity index (χ2v) is 6.41. The van der Waals surface area contributed by atoms with Crippen LogP contribution in [0.4, 0.5) is 4.39 Å². The number of hydrogen-bond acceptors (Lipinski definition) is 5. The zero-order valence-electron chi connectivity index (χ0n) is 12.2. The van der Waals surface area contributed by atoms with Gasteiger partial charge in [0.05, 0.1) is 17.3 Å². The zero-order valence-corrected chi connectivity index (χ0v) is 13.7. The minimum Gasteiger partial charge on any atom is -0.272 e. The van der Waals surface area contributed by atoms with Crippen LogP contribution in [0.15, 0.2) is 24.4 Å². The number of aromatic nitrogens is 6. The largest absolute Gasteiger partial charge is 0.272 e. The van der Waals surface area contributed by atoms with E-state index in [0.29, 0.717) is 21.4 Å². The minimum atomic E-state index is -0.459. The summed E-state index contributed by atoms with van der Waals surface area (Å²) in [6.07, 6.45) is 1.75. The van der Waals surface area contributed by atoms with Crippen LogP contribution in [-0.4, -0.2) is 29.6 Å². The van der Waals surface area contributed by atoms with Gasteiger partial charge in [0.1, 0.15) is 5.82 Å². The number of fused-ring (bicyclic) bond motifs is 1. The Hall–Kier alpha value is -2.32. The van der Waals surface area contributed by atoms with E-state index in [9.17, 15) is 4.39 Å². The van der Waals surface area contributed by atoms with Crippen molar-refractivity contribution in [3.8, 4) is 22.0 Å². The molecule has 3 heterocycles. The van der Waals surface area contributed by atoms with Gasteiger partial charge in [-0.3, -0.25) is 4.68 Å². The van der Waals surface area contributed by atoms with Crippen LogP contribution in [0, 0.1) is 12.7 Å². The highest BCUT2D eigenvalue weighted by molar-refractivity contribution is 7.19. The molecule has 0 bridgehead atoms. The number of rotatable bonds is 2. The van der Waals surface area contributed by atoms with Gasteiger partial charge in [-0.15, -0.1) is 10.2 Å². The predicted octanol–water partition coefficient (Wildman–Crippen LogP) is 3.35. The van der Waals surface area contributed by atoms with Crippen molar-refractivity contribution < 1.29 is 4.39 Å². The molecule has 0 amide bonds. The highest BCUT2D eigenvalue weighted by Gasteiger charge is 2.19. The molecule has 0 spiro atoms. The van der Waals surface area contributed by atoms with Crippen LogP contribution in [0.25, 0.3) is 26.9 Å². The van der Waals surface area contributed by atoms with E-state index in [1.807, 2.05) is 14.0 Å². The van der Waals surface area contributed by atoms with Gasteiger partial charge in [0.25, 0.3) is 0 Å². The van der Waals surface area contributed by atoms with Crippen molar-refractivity contribution in [3.63, 3.8) is 0 Å². The maximum Gasteiger partial charge on any atom is 0.235 e. The molecule has 116 valence electrons. The lowest BCUT2D eigenvalue weighted by atomic mass is 10.2. The molecule has 0 saturated heterocycles. The van der Waals surface area contributed by atoms with Crippen molar-refractivity contribution in [1.82, 2.24) is 29.6 Å². The monoisotopic (exact) mass is 348 g/mol. The third kappa shape index (κ3) is 2.22. The summed E-state index contributed by atoms with van der Waals surface area (Å²) in [6, 6.07) is 4.43. The van der Waals surface area contributed by atoms with Gasteiger partial charge in [0.15, 0.2) is 10.8 Å². The first-order chi connectivity index (χ1) is 11.0. The summed E-state index contributed by atoms with van der Waals surface area (Å²) in [6.45, 7) is 1.96. The van der Waals surface area contributed by atoms with E-state index < -0.39 is 5.82 Å². The fourth-order valence-corrected chi connectivity index (χ4v) is 3.33. The Morgan fingerprint density at radius 1 is 1.22 bits per heavy atom. The number of benzene rings is 1. The number of halogens is 2. The van der Waals surface area contributed by atoms with Gasteiger partial charge in [0.2, 0.25) is 4.96 Å². The Morgan fingerprint density at radius 3 is 2.74 bits per heavy atom. The average molecular weight is 349 g/mol. The molecule has 3 aromatic heterocycles. The summed E-state index contributed by atoms with van der Waals surface area (Å²) < 4.78 is 17.5. The standard InChI is InChI=1S/C14H10ClFN6S/c1-7-10(6-17-21(7)2)13-20-22-12(18-19-14(22)23-13)9-4-3-8(15)5-11(9)16/h3-6H,1-2H3. The van der Waals surface area contributed by atoms with Crippen LogP contribution >= 0.6 is 22.9 Å². The van der Waals surface area contributed by atoms with Crippen LogP contribution < -0.4 is 0 Å². The Bertz CT molecular complexity index is 1030. The lowest BCUT2D eigenvalue weighted by Crippen LogP contribution is -1.94. The van der Waals surface area contributed by atoms with Crippen molar-refractivity contribution >= 4 is 27.9 Å². The van der Waals surface area contributed by atoms with Gasteiger partial charge in [-0.05, 0) is 25.1 Å². The molecule has 0 atom stereocenters. The molecule has 0 aliphatic heterocycles. The van der Waals surface area contributed by atoms with Crippen LogP contribution in [-0.2, 0) is 7.05 Å². The minimum absolute atomic E-state index is 0.307. The molecule has 0 unspecified atom stereocenters. The molecule has 6 nitrogen and oxygen atoms in total. The molecule has 4 rings (SSSR count). The van der Waals surface area contributed by atoms with Crippen molar-refractivity contribution in [3.05, 3.63) is 40.9 Å². The lowest BCUT2D eigenvalue weighted by molar-refractivity contribution is 0.629. The van der Waals surface area contributed by atoms with E-state index in [1.165, 1.54) is 17.4 Å². The highest BCUT2D eigenvalue weighted by Crippen LogP contribution is 2.30. The topological polar surface area (TPSA) is 60.9 Å². The van der Waals surface area contributed by atoms with Gasteiger partial charge in [-0.1, -0.05) is 22.9 Å². The van der Waals surface area contributed by atoms with E-state index in [-0.39, 0.29) is 0 Å². The SMILES string of the molecule is Cc1c(-c2nn3c(-c4ccc(Cl)cc4F)nnc3s2)cnn1C. The number of hydrogen-bond donors (Lipinski definition) is 0. The first-order valence-corrected chi connectivity index (χ1v) is 7.90. The molecular weight excluding hydrogens is 339 g/mol. The third-order valence-electron chi connectivity index (χ3n) is 3.63. The van der Waals surface area contributed by atoms with Gasteiger partial charge < -0.3 is 0 Å². The summed E-state index contributed by atoms with van der Waals surface area (Å²) in [5, 5.41) is 17.9. The van der Waals surface area contributed by atoms with E-state index >= 15 is 0 Å². The number of aryl methyl sites for hydroxylation is 1. The summed E-state index contributed by atoms with van der Waals surface area (Å²) >= 11 is 7.17. The molecular formula is C14H10ClFN6S. The predicted molar refractivity (Wildman–Crippen MR) is 86.0 cm³/mol. The maximum absolute atomic E-state index is 14.1. The van der Waals surface area contributed by atoms with Gasteiger partial charge in [-0.2, -0.15) is 14.7 Å². The Labute approximate surface area is 139 Å². The summed E-state index contributed by atoms with van der Waals surface area (Å²) in [7, 11) is 1.87. The van der Waals surface area contributed by atoms with Crippen LogP contribution in [0.3, 0.4) is 0 Å². The molecule has 0 N–H and O–H groups in total. The summed E-state index contributed by atoms with van der Waals surface area (Å²) in [5.74, 6) is -0.114. The molecule has 4 aromatic rings. The fraction of sp³-hybridized carbons (Fsp3) is 0.143.